The predicted octanol–water partition coefficient (Wildman–Crippen LogP) is 5.14. The molecule has 1 aliphatic rings. The Morgan fingerprint density at radius 1 is 0.588 bits per heavy atom. The molecule has 6 rings (SSSR count). The number of rotatable bonds is 15. The highest BCUT2D eigenvalue weighted by Crippen LogP contribution is 2.18. The number of benzene rings is 5. The Labute approximate surface area is 418 Å². The van der Waals surface area contributed by atoms with Crippen LogP contribution >= 0.6 is 0 Å². The zero-order valence-electron chi connectivity index (χ0n) is 42.8. The smallest absolute Gasteiger partial charge is 0.468 e. The van der Waals surface area contributed by atoms with E-state index in [1.54, 1.807) is 47.1 Å². The van der Waals surface area contributed by atoms with Gasteiger partial charge in [0.1, 0.15) is 34.3 Å². The van der Waals surface area contributed by atoms with Crippen molar-refractivity contribution >= 4 is 85.7 Å². The van der Waals surface area contributed by atoms with Gasteiger partial charge >= 0.3 is 12.1 Å². The van der Waals surface area contributed by atoms with Crippen LogP contribution in [0.15, 0.2) is 121 Å². The second-order valence-corrected chi connectivity index (χ2v) is 24.2. The number of esters is 1. The number of methoxy groups -OCH3 is 2. The summed E-state index contributed by atoms with van der Waals surface area (Å²) in [5, 5.41) is 7.12. The van der Waals surface area contributed by atoms with Crippen molar-refractivity contribution in [3.8, 4) is 28.7 Å². The fraction of sp³-hybridized carbons (Fsp3) is 0.385. The van der Waals surface area contributed by atoms with Gasteiger partial charge in [0, 0.05) is 27.6 Å². The average molecular weight is 1020 g/mol. The van der Waals surface area contributed by atoms with Crippen LogP contribution in [0.1, 0.15) is 53.9 Å². The minimum atomic E-state index is -0.658. The van der Waals surface area contributed by atoms with Crippen LogP contribution < -0.4 is 49.6 Å². The molecule has 1 saturated heterocycles. The number of ether oxygens (including phenoxy) is 9. The maximum absolute atomic E-state index is 11.3. The molecule has 0 spiro atoms. The molecule has 0 aliphatic carbocycles. The van der Waals surface area contributed by atoms with Gasteiger partial charge in [-0.3, -0.25) is 4.79 Å². The van der Waals surface area contributed by atoms with E-state index in [0.29, 0.717) is 18.3 Å². The molecule has 1 aliphatic heterocycles. The summed E-state index contributed by atoms with van der Waals surface area (Å²) in [6.45, 7) is 21.1. The Bertz CT molecular complexity index is 2080. The molecule has 5 aromatic carbocycles. The molecule has 0 bridgehead atoms. The molecule has 11 nitrogen and oxygen atoms in total. The molecule has 5 aromatic rings. The third-order valence-corrected chi connectivity index (χ3v) is 16.3. The van der Waals surface area contributed by atoms with Crippen LogP contribution in [0.3, 0.4) is 0 Å². The first-order valence-corrected chi connectivity index (χ1v) is 34.4. The third-order valence-electron chi connectivity index (χ3n) is 9.89. The predicted molar refractivity (Wildman–Crippen MR) is 294 cm³/mol. The quantitative estimate of drug-likeness (QED) is 0.0457. The van der Waals surface area contributed by atoms with E-state index >= 15 is 0 Å². The molecule has 0 saturated carbocycles. The Morgan fingerprint density at radius 2 is 0.985 bits per heavy atom. The Balaban J connectivity index is 0.000000293. The van der Waals surface area contributed by atoms with Gasteiger partial charge in [-0.05, 0) is 101 Å². The minimum absolute atomic E-state index is 0.0246. The van der Waals surface area contributed by atoms with E-state index in [1.807, 2.05) is 67.6 Å². The van der Waals surface area contributed by atoms with Crippen LogP contribution in [0, 0.1) is 0 Å². The molecule has 0 radical (unpaired) electrons. The van der Waals surface area contributed by atoms with Gasteiger partial charge in [-0.2, -0.15) is 0 Å². The Kier molecular flexibility index (Phi) is 30.1. The second kappa shape index (κ2) is 34.5. The standard InChI is InChI=1S/C12H18O3Si.C12H18O2Si.C10H16O2Si.C9H14O2Si.C9H12O2Si/c1-12(2,3)15-11(13)14-9-5-7-10(16-4)8-6-9;1-15-11-7-5-10(6-8-11)14-12-4-2-3-9-13-12;1-8(11-2)12-9-4-6-10(13-3)7-5-9;1-10-7-11-8-3-5-9(12-2)6-4-8;1-7(10)11-8-3-5-9(12-2)6-4-8/h5-8H,16H2,1-4H3;5-8,12H,2-4,9,15H2,1H3;4-8H,13H2,1-3H3;3-6H,7,12H2,1-2H3;3-6H,12H2,1-2H3. The molecule has 0 aromatic heterocycles. The second-order valence-electron chi connectivity index (χ2n) is 16.5. The number of hydrogen-bond acceptors (Lipinski definition) is 11. The summed E-state index contributed by atoms with van der Waals surface area (Å²) in [4.78, 5) is 21.9. The normalized spacial score (nSPS) is 14.0. The average Bonchev–Trinajstić information content (AvgIpc) is 3.35. The summed E-state index contributed by atoms with van der Waals surface area (Å²) in [6, 6.07) is 40.3. The molecule has 0 N–H and O–H groups in total. The molecular formula is C52H78O11Si5. The van der Waals surface area contributed by atoms with Crippen molar-refractivity contribution in [2.75, 3.05) is 27.6 Å². The SMILES string of the molecule is COC(C)Oc1ccc([SiH2]C)cc1.COCOc1ccc([SiH2]C)cc1.C[SiH2]c1ccc(OC(=O)OC(C)(C)C)cc1.C[SiH2]c1ccc(OC(C)=O)cc1.C[SiH2]c1ccc(OC2CCCCO2)cc1. The highest BCUT2D eigenvalue weighted by molar-refractivity contribution is 6.53. The number of carbonyl (C=O) groups is 2. The van der Waals surface area contributed by atoms with Crippen molar-refractivity contribution < 1.29 is 52.2 Å². The van der Waals surface area contributed by atoms with Crippen LogP contribution in [-0.2, 0) is 23.7 Å². The monoisotopic (exact) mass is 1020 g/mol. The van der Waals surface area contributed by atoms with Gasteiger partial charge in [-0.15, -0.1) is 0 Å². The van der Waals surface area contributed by atoms with Gasteiger partial charge in [0.2, 0.25) is 0 Å². The number of hydrogen-bond donors (Lipinski definition) is 0. The molecule has 372 valence electrons. The summed E-state index contributed by atoms with van der Waals surface area (Å²) in [5.41, 5.74) is -0.520. The molecule has 0 amide bonds. The lowest BCUT2D eigenvalue weighted by Gasteiger charge is -2.23. The van der Waals surface area contributed by atoms with Gasteiger partial charge < -0.3 is 42.6 Å². The highest BCUT2D eigenvalue weighted by atomic mass is 28.2. The molecular weight excluding hydrogens is 941 g/mol. The summed E-state index contributed by atoms with van der Waals surface area (Å²) in [7, 11) is 2.90. The van der Waals surface area contributed by atoms with E-state index in [-0.39, 0.29) is 66.1 Å². The van der Waals surface area contributed by atoms with Crippen molar-refractivity contribution in [1.29, 1.82) is 0 Å². The van der Waals surface area contributed by atoms with Crippen LogP contribution in [0.2, 0.25) is 32.7 Å². The highest BCUT2D eigenvalue weighted by Gasteiger charge is 2.18. The van der Waals surface area contributed by atoms with Crippen molar-refractivity contribution in [3.05, 3.63) is 121 Å². The first-order chi connectivity index (χ1) is 32.6. The maximum Gasteiger partial charge on any atom is 0.514 e. The fourth-order valence-corrected chi connectivity index (χ4v) is 9.41. The van der Waals surface area contributed by atoms with E-state index in [0.717, 1.165) is 30.3 Å². The molecule has 1 heterocycles. The molecule has 16 heteroatoms. The van der Waals surface area contributed by atoms with Gasteiger partial charge in [-0.1, -0.05) is 119 Å². The summed E-state index contributed by atoms with van der Waals surface area (Å²) in [6.07, 6.45) is 2.54. The van der Waals surface area contributed by atoms with Crippen molar-refractivity contribution in [2.24, 2.45) is 0 Å². The zero-order valence-corrected chi connectivity index (χ0v) is 49.8. The minimum Gasteiger partial charge on any atom is -0.468 e. The molecule has 2 atom stereocenters. The van der Waals surface area contributed by atoms with E-state index in [1.165, 1.54) is 45.7 Å². The van der Waals surface area contributed by atoms with Crippen molar-refractivity contribution in [3.63, 3.8) is 0 Å². The zero-order chi connectivity index (χ0) is 50.2. The topological polar surface area (TPSA) is 117 Å². The van der Waals surface area contributed by atoms with Gasteiger partial charge in [0.25, 0.3) is 0 Å². The van der Waals surface area contributed by atoms with E-state index in [2.05, 4.69) is 81.3 Å². The lowest BCUT2D eigenvalue weighted by molar-refractivity contribution is -0.131. The first-order valence-electron chi connectivity index (χ1n) is 23.8. The van der Waals surface area contributed by atoms with Crippen LogP contribution in [0.5, 0.6) is 28.7 Å². The molecule has 1 fully saturated rings. The van der Waals surface area contributed by atoms with Crippen molar-refractivity contribution in [1.82, 2.24) is 0 Å². The third kappa shape index (κ3) is 27.3. The Morgan fingerprint density at radius 3 is 1.34 bits per heavy atom. The molecule has 2 unspecified atom stereocenters. The summed E-state index contributed by atoms with van der Waals surface area (Å²) >= 11 is 0. The van der Waals surface area contributed by atoms with Crippen LogP contribution in [0.25, 0.3) is 0 Å². The first kappa shape index (κ1) is 59.3. The molecule has 68 heavy (non-hydrogen) atoms. The van der Waals surface area contributed by atoms with Gasteiger partial charge in [0.05, 0.1) is 54.2 Å². The summed E-state index contributed by atoms with van der Waals surface area (Å²) < 4.78 is 46.7. The number of carbonyl (C=O) groups excluding carboxylic acids is 2. The maximum atomic E-state index is 11.3. The van der Waals surface area contributed by atoms with Gasteiger partial charge in [-0.25, -0.2) is 4.79 Å². The largest absolute Gasteiger partial charge is 0.514 e. The van der Waals surface area contributed by atoms with Crippen LogP contribution in [0.4, 0.5) is 4.79 Å². The van der Waals surface area contributed by atoms with E-state index in [9.17, 15) is 9.59 Å². The fourth-order valence-electron chi connectivity index (χ4n) is 5.87. The van der Waals surface area contributed by atoms with Gasteiger partial charge in [0.15, 0.2) is 19.4 Å². The summed E-state index contributed by atoms with van der Waals surface area (Å²) in [5.74, 6) is 3.59. The van der Waals surface area contributed by atoms with E-state index < -0.39 is 11.8 Å². The Hall–Kier alpha value is -4.80. The lowest BCUT2D eigenvalue weighted by Crippen LogP contribution is -2.26. The van der Waals surface area contributed by atoms with Crippen LogP contribution in [-0.4, -0.2) is 106 Å². The van der Waals surface area contributed by atoms with Crippen molar-refractivity contribution in [2.45, 2.75) is 105 Å². The van der Waals surface area contributed by atoms with E-state index in [4.69, 9.17) is 42.6 Å². The lowest BCUT2D eigenvalue weighted by atomic mass is 10.2.